The van der Waals surface area contributed by atoms with Gasteiger partial charge in [-0.3, -0.25) is 4.99 Å². The summed E-state index contributed by atoms with van der Waals surface area (Å²) >= 11 is 0. The summed E-state index contributed by atoms with van der Waals surface area (Å²) in [5.41, 5.74) is 0. The molecular formula is C14H18IN3O3. The molecule has 0 atom stereocenters. The van der Waals surface area contributed by atoms with Crippen LogP contribution in [-0.2, 0) is 0 Å². The van der Waals surface area contributed by atoms with Crippen LogP contribution in [0.5, 0.6) is 17.2 Å². The van der Waals surface area contributed by atoms with E-state index >= 15 is 0 Å². The first-order chi connectivity index (χ1) is 9.83. The third-order valence-corrected chi connectivity index (χ3v) is 2.59. The summed E-state index contributed by atoms with van der Waals surface area (Å²) in [6.07, 6.45) is 5.16. The van der Waals surface area contributed by atoms with Gasteiger partial charge >= 0.3 is 0 Å². The van der Waals surface area contributed by atoms with Crippen molar-refractivity contribution in [2.24, 2.45) is 4.99 Å². The van der Waals surface area contributed by atoms with Crippen molar-refractivity contribution in [3.63, 3.8) is 0 Å². The fourth-order valence-electron chi connectivity index (χ4n) is 1.66. The van der Waals surface area contributed by atoms with Gasteiger partial charge < -0.3 is 24.8 Å². The summed E-state index contributed by atoms with van der Waals surface area (Å²) in [6, 6.07) is 5.49. The van der Waals surface area contributed by atoms with Crippen LogP contribution in [0.4, 0.5) is 0 Å². The monoisotopic (exact) mass is 403 g/mol. The number of nitrogens with zero attached hydrogens (tertiary/aromatic N) is 1. The van der Waals surface area contributed by atoms with Crippen molar-refractivity contribution in [1.82, 2.24) is 10.6 Å². The molecule has 0 fully saturated rings. The topological polar surface area (TPSA) is 64.1 Å². The van der Waals surface area contributed by atoms with E-state index in [0.717, 1.165) is 11.5 Å². The molecule has 1 aliphatic heterocycles. The third kappa shape index (κ3) is 5.23. The van der Waals surface area contributed by atoms with Crippen LogP contribution in [0.1, 0.15) is 0 Å². The summed E-state index contributed by atoms with van der Waals surface area (Å²) < 4.78 is 16.1. The third-order valence-electron chi connectivity index (χ3n) is 2.59. The largest absolute Gasteiger partial charge is 0.492 e. The Morgan fingerprint density at radius 3 is 2.95 bits per heavy atom. The van der Waals surface area contributed by atoms with E-state index in [1.54, 1.807) is 7.05 Å². The van der Waals surface area contributed by atoms with Crippen LogP contribution in [0, 0.1) is 12.3 Å². The lowest BCUT2D eigenvalue weighted by Crippen LogP contribution is -2.39. The molecule has 1 aromatic rings. The number of fused-ring (bicyclic) bond motifs is 1. The number of rotatable bonds is 5. The minimum atomic E-state index is 0. The van der Waals surface area contributed by atoms with Gasteiger partial charge in [0, 0.05) is 13.1 Å². The molecule has 1 aliphatic rings. The van der Waals surface area contributed by atoms with Crippen LogP contribution in [0.15, 0.2) is 23.2 Å². The Kier molecular flexibility index (Phi) is 7.53. The van der Waals surface area contributed by atoms with Gasteiger partial charge in [0.1, 0.15) is 12.4 Å². The maximum absolute atomic E-state index is 5.61. The van der Waals surface area contributed by atoms with Crippen LogP contribution < -0.4 is 24.8 Å². The number of aliphatic imine (C=N–C) groups is 1. The van der Waals surface area contributed by atoms with Crippen molar-refractivity contribution in [2.45, 2.75) is 0 Å². The van der Waals surface area contributed by atoms with Gasteiger partial charge in [0.15, 0.2) is 17.5 Å². The van der Waals surface area contributed by atoms with Gasteiger partial charge in [-0.25, -0.2) is 0 Å². The van der Waals surface area contributed by atoms with E-state index in [2.05, 4.69) is 21.5 Å². The second-order valence-electron chi connectivity index (χ2n) is 3.92. The van der Waals surface area contributed by atoms with E-state index in [1.807, 2.05) is 18.2 Å². The Labute approximate surface area is 141 Å². The van der Waals surface area contributed by atoms with Gasteiger partial charge in [-0.15, -0.1) is 30.4 Å². The smallest absolute Gasteiger partial charge is 0.231 e. The van der Waals surface area contributed by atoms with Gasteiger partial charge in [0.05, 0.1) is 13.1 Å². The number of benzene rings is 1. The summed E-state index contributed by atoms with van der Waals surface area (Å²) in [5, 5.41) is 6.05. The quantitative estimate of drug-likeness (QED) is 0.255. The SMILES string of the molecule is C#CCNC(=NC)NCCOc1ccc2c(c1)OCO2.I. The van der Waals surface area contributed by atoms with Crippen LogP contribution in [0.2, 0.25) is 0 Å². The number of halogens is 1. The highest BCUT2D eigenvalue weighted by atomic mass is 127. The predicted octanol–water partition coefficient (Wildman–Crippen LogP) is 1.21. The average Bonchev–Trinajstić information content (AvgIpc) is 2.94. The average molecular weight is 403 g/mol. The molecule has 0 unspecified atom stereocenters. The number of terminal acetylenes is 1. The molecule has 0 spiro atoms. The normalized spacial score (nSPS) is 12.1. The van der Waals surface area contributed by atoms with Crippen molar-refractivity contribution in [3.8, 4) is 29.6 Å². The van der Waals surface area contributed by atoms with Crippen LogP contribution >= 0.6 is 24.0 Å². The molecule has 0 saturated heterocycles. The zero-order valence-electron chi connectivity index (χ0n) is 11.7. The first-order valence-electron chi connectivity index (χ1n) is 6.24. The summed E-state index contributed by atoms with van der Waals surface area (Å²) in [4.78, 5) is 4.02. The van der Waals surface area contributed by atoms with Crippen molar-refractivity contribution in [2.75, 3.05) is 33.5 Å². The van der Waals surface area contributed by atoms with E-state index < -0.39 is 0 Å². The Morgan fingerprint density at radius 2 is 2.19 bits per heavy atom. The Balaban J connectivity index is 0.00000220. The van der Waals surface area contributed by atoms with Gasteiger partial charge in [-0.1, -0.05) is 5.92 Å². The van der Waals surface area contributed by atoms with Crippen molar-refractivity contribution < 1.29 is 14.2 Å². The van der Waals surface area contributed by atoms with Crippen molar-refractivity contribution >= 4 is 29.9 Å². The summed E-state index contributed by atoms with van der Waals surface area (Å²) in [6.45, 7) is 1.80. The lowest BCUT2D eigenvalue weighted by Gasteiger charge is -2.11. The Morgan fingerprint density at radius 1 is 1.38 bits per heavy atom. The molecule has 0 radical (unpaired) electrons. The number of hydrogen-bond acceptors (Lipinski definition) is 4. The molecule has 114 valence electrons. The van der Waals surface area contributed by atoms with E-state index in [0.29, 0.717) is 31.4 Å². The van der Waals surface area contributed by atoms with Crippen molar-refractivity contribution in [3.05, 3.63) is 18.2 Å². The van der Waals surface area contributed by atoms with E-state index in [9.17, 15) is 0 Å². The van der Waals surface area contributed by atoms with Gasteiger partial charge in [0.25, 0.3) is 0 Å². The maximum atomic E-state index is 5.61. The first-order valence-corrected chi connectivity index (χ1v) is 6.24. The summed E-state index contributed by atoms with van der Waals surface area (Å²) in [7, 11) is 1.69. The number of ether oxygens (including phenoxy) is 3. The second-order valence-corrected chi connectivity index (χ2v) is 3.92. The van der Waals surface area contributed by atoms with Gasteiger partial charge in [0.2, 0.25) is 6.79 Å². The highest BCUT2D eigenvalue weighted by Gasteiger charge is 2.13. The number of hydrogen-bond donors (Lipinski definition) is 2. The lowest BCUT2D eigenvalue weighted by molar-refractivity contribution is 0.173. The zero-order chi connectivity index (χ0) is 14.2. The van der Waals surface area contributed by atoms with E-state index in [1.165, 1.54) is 0 Å². The molecule has 0 saturated carbocycles. The molecule has 2 rings (SSSR count). The summed E-state index contributed by atoms with van der Waals surface area (Å²) in [5.74, 6) is 5.33. The van der Waals surface area contributed by atoms with Crippen LogP contribution in [-0.4, -0.2) is 39.5 Å². The van der Waals surface area contributed by atoms with Crippen LogP contribution in [0.25, 0.3) is 0 Å². The van der Waals surface area contributed by atoms with Gasteiger partial charge in [-0.2, -0.15) is 0 Å². The first kappa shape index (κ1) is 17.2. The molecule has 1 heterocycles. The minimum absolute atomic E-state index is 0. The second kappa shape index (κ2) is 9.18. The van der Waals surface area contributed by atoms with Crippen LogP contribution in [0.3, 0.4) is 0 Å². The fraction of sp³-hybridized carbons (Fsp3) is 0.357. The zero-order valence-corrected chi connectivity index (χ0v) is 14.0. The highest BCUT2D eigenvalue weighted by Crippen LogP contribution is 2.34. The molecule has 6 nitrogen and oxygen atoms in total. The molecule has 2 N–H and O–H groups in total. The van der Waals surface area contributed by atoms with E-state index in [4.69, 9.17) is 20.6 Å². The standard InChI is InChI=1S/C14H17N3O3.HI/c1-3-6-16-14(15-2)17-7-8-18-11-4-5-12-13(9-11)20-10-19-12;/h1,4-5,9H,6-8,10H2,2H3,(H2,15,16,17);1H. The highest BCUT2D eigenvalue weighted by molar-refractivity contribution is 14.0. The van der Waals surface area contributed by atoms with Gasteiger partial charge in [-0.05, 0) is 12.1 Å². The molecular weight excluding hydrogens is 385 g/mol. The van der Waals surface area contributed by atoms with Crippen molar-refractivity contribution in [1.29, 1.82) is 0 Å². The maximum Gasteiger partial charge on any atom is 0.231 e. The Bertz CT molecular complexity index is 529. The predicted molar refractivity (Wildman–Crippen MR) is 91.7 cm³/mol. The molecule has 1 aromatic carbocycles. The van der Waals surface area contributed by atoms with E-state index in [-0.39, 0.29) is 30.8 Å². The number of nitrogens with one attached hydrogen (secondary N) is 2. The molecule has 0 aliphatic carbocycles. The molecule has 21 heavy (non-hydrogen) atoms. The molecule has 0 aromatic heterocycles. The molecule has 0 amide bonds. The molecule has 7 heteroatoms. The fourth-order valence-corrected chi connectivity index (χ4v) is 1.66. The molecule has 0 bridgehead atoms. The lowest BCUT2D eigenvalue weighted by atomic mass is 10.3. The number of guanidine groups is 1. The minimum Gasteiger partial charge on any atom is -0.492 e. The Hall–Kier alpha value is -1.82.